The van der Waals surface area contributed by atoms with E-state index in [9.17, 15) is 19.2 Å². The monoisotopic (exact) mass is 900 g/mol. The Kier molecular flexibility index (Phi) is 14.0. The van der Waals surface area contributed by atoms with E-state index >= 15 is 0 Å². The van der Waals surface area contributed by atoms with Gasteiger partial charge in [0.2, 0.25) is 11.8 Å². The number of likely N-dealkylation sites (tertiary alicyclic amines) is 2. The summed E-state index contributed by atoms with van der Waals surface area (Å²) in [5, 5.41) is 7.86. The van der Waals surface area contributed by atoms with Gasteiger partial charge in [0.1, 0.15) is 23.7 Å². The minimum absolute atomic E-state index is 0.0319. The first-order chi connectivity index (χ1) is 32.3. The molecule has 0 radical (unpaired) electrons. The number of nitrogens with zero attached hydrogens (tertiary/aromatic N) is 4. The van der Waals surface area contributed by atoms with E-state index in [4.69, 9.17) is 28.9 Å². The van der Waals surface area contributed by atoms with Gasteiger partial charge in [-0.05, 0) is 110 Å². The predicted octanol–water partition coefficient (Wildman–Crippen LogP) is 7.70. The van der Waals surface area contributed by atoms with Crippen LogP contribution >= 0.6 is 0 Å². The van der Waals surface area contributed by atoms with Crippen LogP contribution in [0.15, 0.2) is 73.1 Å². The lowest BCUT2D eigenvalue weighted by atomic mass is 9.89. The topological polar surface area (TPSA) is 193 Å². The van der Waals surface area contributed by atoms with Crippen molar-refractivity contribution in [2.75, 3.05) is 53.7 Å². The molecule has 9 rings (SSSR count). The lowest BCUT2D eigenvalue weighted by Crippen LogP contribution is -2.55. The Morgan fingerprint density at radius 2 is 1.00 bits per heavy atom. The fourth-order valence-electron chi connectivity index (χ4n) is 10.3. The molecule has 16 nitrogen and oxygen atoms in total. The highest BCUT2D eigenvalue weighted by molar-refractivity contribution is 5.91. The van der Waals surface area contributed by atoms with Crippen molar-refractivity contribution in [1.29, 1.82) is 0 Å². The van der Waals surface area contributed by atoms with Crippen LogP contribution in [0.4, 0.5) is 9.59 Å². The van der Waals surface area contributed by atoms with Crippen LogP contribution in [-0.4, -0.2) is 120 Å². The summed E-state index contributed by atoms with van der Waals surface area (Å²) in [7, 11) is 2.63. The fourth-order valence-corrected chi connectivity index (χ4v) is 10.3. The highest BCUT2D eigenvalue weighted by Crippen LogP contribution is 2.36. The van der Waals surface area contributed by atoms with Gasteiger partial charge in [-0.2, -0.15) is 0 Å². The summed E-state index contributed by atoms with van der Waals surface area (Å²) in [5.74, 6) is 1.20. The molecular weight excluding hydrogens is 841 g/mol. The van der Waals surface area contributed by atoms with E-state index in [1.54, 1.807) is 0 Å². The van der Waals surface area contributed by atoms with E-state index in [1.165, 1.54) is 14.2 Å². The first-order valence-electron chi connectivity index (χ1n) is 23.5. The Hall–Kier alpha value is -6.26. The van der Waals surface area contributed by atoms with Crippen molar-refractivity contribution >= 4 is 34.8 Å². The standard InChI is InChI=1S/C50H60N8O8/c1-63-49(61)55-43(33-17-23-65-24-18-33)47(59)57-21-5-3-7-41(57)45-51-29-39(53-45)32-11-9-31(10-12-32)35-13-14-37-28-38(16-15-36(37)27-35)40-30-52-46(54-40)42-8-4-6-22-58(42)48(60)44(56-50(62)64-2)34-19-25-66-26-20-34/h9-16,27-30,33-34,41-44H,3-8,17-26H2,1-2H3,(H,51,53)(H,52,54)(H,55,61)(H,56,62)/t41-,42-,43-,44-/m0/s1. The highest BCUT2D eigenvalue weighted by atomic mass is 16.5. The van der Waals surface area contributed by atoms with Gasteiger partial charge in [-0.1, -0.05) is 48.5 Å². The number of ether oxygens (including phenoxy) is 4. The minimum Gasteiger partial charge on any atom is -0.453 e. The molecule has 4 aliphatic rings. The van der Waals surface area contributed by atoms with Crippen molar-refractivity contribution < 1.29 is 38.1 Å². The summed E-state index contributed by atoms with van der Waals surface area (Å²) in [4.78, 5) is 73.7. The van der Waals surface area contributed by atoms with Gasteiger partial charge < -0.3 is 49.3 Å². The van der Waals surface area contributed by atoms with Crippen molar-refractivity contribution in [2.45, 2.75) is 88.4 Å². The van der Waals surface area contributed by atoms with Gasteiger partial charge in [0.05, 0.1) is 37.7 Å². The Morgan fingerprint density at radius 3 is 1.48 bits per heavy atom. The van der Waals surface area contributed by atoms with Gasteiger partial charge in [-0.15, -0.1) is 0 Å². The van der Waals surface area contributed by atoms with E-state index in [0.717, 1.165) is 94.6 Å². The molecule has 5 aromatic rings. The number of carbonyl (C=O) groups excluding carboxylic acids is 4. The number of nitrogens with one attached hydrogen (secondary N) is 4. The third-order valence-corrected chi connectivity index (χ3v) is 14.0. The van der Waals surface area contributed by atoms with Gasteiger partial charge in [0.25, 0.3) is 0 Å². The number of fused-ring (bicyclic) bond motifs is 1. The smallest absolute Gasteiger partial charge is 0.407 e. The zero-order valence-electron chi connectivity index (χ0n) is 37.8. The maximum Gasteiger partial charge on any atom is 0.407 e. The number of carbonyl (C=O) groups is 4. The molecule has 0 unspecified atom stereocenters. The number of aromatic nitrogens is 4. The van der Waals surface area contributed by atoms with E-state index in [1.807, 2.05) is 22.2 Å². The summed E-state index contributed by atoms with van der Waals surface area (Å²) in [6.45, 7) is 3.42. The normalized spacial score (nSPS) is 20.6. The summed E-state index contributed by atoms with van der Waals surface area (Å²) >= 11 is 0. The molecular formula is C50H60N8O8. The number of hydrogen-bond donors (Lipinski definition) is 4. The molecule has 16 heteroatoms. The molecule has 2 aromatic heterocycles. The zero-order valence-corrected chi connectivity index (χ0v) is 37.8. The number of imidazole rings is 2. The highest BCUT2D eigenvalue weighted by Gasteiger charge is 2.41. The maximum absolute atomic E-state index is 14.2. The Bertz CT molecular complexity index is 2490. The van der Waals surface area contributed by atoms with E-state index in [-0.39, 0.29) is 35.7 Å². The third-order valence-electron chi connectivity index (χ3n) is 14.0. The number of H-pyrrole nitrogens is 2. The minimum atomic E-state index is -0.691. The molecule has 4 saturated heterocycles. The van der Waals surface area contributed by atoms with Crippen molar-refractivity contribution in [2.24, 2.45) is 11.8 Å². The number of amides is 4. The molecule has 4 N–H and O–H groups in total. The van der Waals surface area contributed by atoms with Crippen molar-refractivity contribution in [3.63, 3.8) is 0 Å². The second kappa shape index (κ2) is 20.5. The van der Waals surface area contributed by atoms with Gasteiger partial charge in [-0.25, -0.2) is 19.6 Å². The maximum atomic E-state index is 14.2. The first kappa shape index (κ1) is 44.9. The van der Waals surface area contributed by atoms with E-state index < -0.39 is 24.3 Å². The predicted molar refractivity (Wildman–Crippen MR) is 247 cm³/mol. The molecule has 4 amide bonds. The summed E-state index contributed by atoms with van der Waals surface area (Å²) in [6.07, 6.45) is 10.6. The molecule has 4 fully saturated rings. The number of alkyl carbamates (subject to hydrolysis) is 2. The van der Waals surface area contributed by atoms with E-state index in [2.05, 4.69) is 81.3 Å². The molecule has 3 aromatic carbocycles. The summed E-state index contributed by atoms with van der Waals surface area (Å²) < 4.78 is 20.9. The first-order valence-corrected chi connectivity index (χ1v) is 23.5. The van der Waals surface area contributed by atoms with Crippen molar-refractivity contribution in [1.82, 2.24) is 40.4 Å². The zero-order chi connectivity index (χ0) is 45.6. The third kappa shape index (κ3) is 9.80. The number of methoxy groups -OCH3 is 2. The van der Waals surface area contributed by atoms with Gasteiger partial charge in [0.15, 0.2) is 0 Å². The van der Waals surface area contributed by atoms with Crippen molar-refractivity contribution in [3.8, 4) is 33.6 Å². The van der Waals surface area contributed by atoms with Gasteiger partial charge >= 0.3 is 12.2 Å². The molecule has 0 saturated carbocycles. The Morgan fingerprint density at radius 1 is 0.576 bits per heavy atom. The largest absolute Gasteiger partial charge is 0.453 e. The van der Waals surface area contributed by atoms with Crippen LogP contribution in [0.1, 0.15) is 87.9 Å². The molecule has 0 spiro atoms. The van der Waals surface area contributed by atoms with Crippen LogP contribution < -0.4 is 10.6 Å². The molecule has 348 valence electrons. The fraction of sp³-hybridized carbons (Fsp3) is 0.480. The van der Waals surface area contributed by atoms with E-state index in [0.29, 0.717) is 65.2 Å². The molecule has 6 heterocycles. The van der Waals surface area contributed by atoms with Gasteiger partial charge in [0, 0.05) is 63.0 Å². The SMILES string of the molecule is COC(=O)N[C@H](C(=O)N1CCCC[C@H]1c1nc(-c2ccc(-c3ccc4cc(-c5c[nH]c([C@@H]6CCCCN6C(=O)[C@@H](NC(=O)OC)C6CCOCC6)n5)ccc4c3)cc2)c[nH]1)C1CCOCC1. The summed E-state index contributed by atoms with van der Waals surface area (Å²) in [6, 6.07) is 19.3. The Labute approximate surface area is 384 Å². The second-order valence-electron chi connectivity index (χ2n) is 17.9. The molecule has 0 bridgehead atoms. The molecule has 4 atom stereocenters. The molecule has 66 heavy (non-hydrogen) atoms. The lowest BCUT2D eigenvalue weighted by Gasteiger charge is -2.39. The Balaban J connectivity index is 0.874. The second-order valence-corrected chi connectivity index (χ2v) is 17.9. The number of aromatic amines is 2. The number of hydrogen-bond acceptors (Lipinski definition) is 10. The van der Waals surface area contributed by atoms with Crippen LogP contribution in [0, 0.1) is 11.8 Å². The molecule has 4 aliphatic heterocycles. The number of benzene rings is 3. The quantitative estimate of drug-likeness (QED) is 0.102. The lowest BCUT2D eigenvalue weighted by molar-refractivity contribution is -0.140. The number of rotatable bonds is 11. The van der Waals surface area contributed by atoms with Gasteiger partial charge in [-0.3, -0.25) is 9.59 Å². The van der Waals surface area contributed by atoms with Crippen LogP contribution in [0.2, 0.25) is 0 Å². The van der Waals surface area contributed by atoms with Crippen LogP contribution in [0.25, 0.3) is 44.4 Å². The number of piperidine rings is 2. The van der Waals surface area contributed by atoms with Crippen LogP contribution in [-0.2, 0) is 28.5 Å². The average Bonchev–Trinajstić information content (AvgIpc) is 4.09. The van der Waals surface area contributed by atoms with Crippen molar-refractivity contribution in [3.05, 3.63) is 84.7 Å². The van der Waals surface area contributed by atoms with Crippen LogP contribution in [0.3, 0.4) is 0 Å². The van der Waals surface area contributed by atoms with Crippen LogP contribution in [0.5, 0.6) is 0 Å². The molecule has 0 aliphatic carbocycles. The average molecular weight is 901 g/mol. The summed E-state index contributed by atoms with van der Waals surface area (Å²) in [5.41, 5.74) is 5.70.